The van der Waals surface area contributed by atoms with Crippen LogP contribution in [0, 0.1) is 21.7 Å². The van der Waals surface area contributed by atoms with Crippen LogP contribution in [0.15, 0.2) is 12.1 Å². The Bertz CT molecular complexity index is 382. The Morgan fingerprint density at radius 2 is 2.13 bits per heavy atom. The van der Waals surface area contributed by atoms with E-state index in [1.165, 1.54) is 0 Å². The van der Waals surface area contributed by atoms with Gasteiger partial charge in [0.1, 0.15) is 0 Å². The van der Waals surface area contributed by atoms with Crippen molar-refractivity contribution in [3.8, 4) is 5.75 Å². The van der Waals surface area contributed by atoms with Gasteiger partial charge in [-0.05, 0) is 12.5 Å². The van der Waals surface area contributed by atoms with Crippen LogP contribution >= 0.6 is 0 Å². The summed E-state index contributed by atoms with van der Waals surface area (Å²) in [5.41, 5.74) is -0.789. The zero-order chi connectivity index (χ0) is 11.4. The maximum absolute atomic E-state index is 13.3. The molecule has 0 aromatic heterocycles. The van der Waals surface area contributed by atoms with Crippen molar-refractivity contribution in [3.05, 3.63) is 33.9 Å². The molecule has 0 aliphatic rings. The molecule has 0 saturated heterocycles. The number of hydrogen-bond acceptors (Lipinski definition) is 3. The Morgan fingerprint density at radius 3 is 2.67 bits per heavy atom. The molecule has 4 nitrogen and oxygen atoms in total. The third-order valence-corrected chi connectivity index (χ3v) is 1.68. The first-order valence-electron chi connectivity index (χ1n) is 4.33. The lowest BCUT2D eigenvalue weighted by Gasteiger charge is -2.06. The summed E-state index contributed by atoms with van der Waals surface area (Å²) in [7, 11) is 0. The van der Waals surface area contributed by atoms with Gasteiger partial charge in [-0.25, -0.2) is 4.39 Å². The number of halogens is 2. The molecule has 0 unspecified atom stereocenters. The highest BCUT2D eigenvalue weighted by atomic mass is 19.1. The Labute approximate surface area is 84.6 Å². The fourth-order valence-electron chi connectivity index (χ4n) is 1.000. The van der Waals surface area contributed by atoms with Gasteiger partial charge in [0.25, 0.3) is 0 Å². The molecule has 0 heterocycles. The van der Waals surface area contributed by atoms with Gasteiger partial charge in [-0.15, -0.1) is 0 Å². The zero-order valence-electron chi connectivity index (χ0n) is 8.00. The number of ether oxygens (including phenoxy) is 1. The normalized spacial score (nSPS) is 10.1. The minimum atomic E-state index is -1.27. The van der Waals surface area contributed by atoms with Crippen molar-refractivity contribution in [1.82, 2.24) is 0 Å². The van der Waals surface area contributed by atoms with E-state index in [4.69, 9.17) is 4.74 Å². The molecule has 0 saturated carbocycles. The summed E-state index contributed by atoms with van der Waals surface area (Å²) in [6, 6.07) is 1.58. The van der Waals surface area contributed by atoms with Crippen LogP contribution in [0.25, 0.3) is 0 Å². The third-order valence-electron chi connectivity index (χ3n) is 1.68. The van der Waals surface area contributed by atoms with E-state index in [0.717, 1.165) is 12.1 Å². The summed E-state index contributed by atoms with van der Waals surface area (Å²) in [5.74, 6) is -2.90. The molecule has 0 aliphatic heterocycles. The van der Waals surface area contributed by atoms with E-state index in [1.807, 2.05) is 0 Å². The molecular formula is C9H9F2NO3. The molecule has 0 aliphatic carbocycles. The summed E-state index contributed by atoms with van der Waals surface area (Å²) in [4.78, 5) is 9.42. The smallest absolute Gasteiger partial charge is 0.308 e. The quantitative estimate of drug-likeness (QED) is 0.575. The molecule has 82 valence electrons. The van der Waals surface area contributed by atoms with E-state index >= 15 is 0 Å². The fraction of sp³-hybridized carbons (Fsp3) is 0.333. The van der Waals surface area contributed by atoms with Gasteiger partial charge in [0.05, 0.1) is 11.5 Å². The average molecular weight is 217 g/mol. The molecule has 0 N–H and O–H groups in total. The summed E-state index contributed by atoms with van der Waals surface area (Å²) in [6.07, 6.45) is 0.557. The molecule has 0 fully saturated rings. The molecule has 1 aromatic carbocycles. The second-order valence-corrected chi connectivity index (χ2v) is 2.82. The summed E-state index contributed by atoms with van der Waals surface area (Å²) >= 11 is 0. The number of nitrogens with zero attached hydrogens (tertiary/aromatic N) is 1. The Morgan fingerprint density at radius 1 is 1.47 bits per heavy atom. The maximum Gasteiger partial charge on any atom is 0.308 e. The number of nitro benzene ring substituents is 1. The van der Waals surface area contributed by atoms with Crippen LogP contribution in [-0.4, -0.2) is 11.5 Å². The van der Waals surface area contributed by atoms with Crippen LogP contribution in [0.2, 0.25) is 0 Å². The van der Waals surface area contributed by atoms with Crippen molar-refractivity contribution in [2.24, 2.45) is 0 Å². The Balaban J connectivity index is 3.12. The third kappa shape index (κ3) is 2.39. The number of hydrogen-bond donors (Lipinski definition) is 0. The van der Waals surface area contributed by atoms with Crippen molar-refractivity contribution in [1.29, 1.82) is 0 Å². The molecule has 0 spiro atoms. The molecular weight excluding hydrogens is 208 g/mol. The van der Waals surface area contributed by atoms with E-state index in [0.29, 0.717) is 6.42 Å². The van der Waals surface area contributed by atoms with Crippen molar-refractivity contribution in [2.75, 3.05) is 6.61 Å². The van der Waals surface area contributed by atoms with E-state index in [1.54, 1.807) is 6.92 Å². The van der Waals surface area contributed by atoms with Gasteiger partial charge in [0.2, 0.25) is 5.82 Å². The first-order chi connectivity index (χ1) is 7.07. The summed E-state index contributed by atoms with van der Waals surface area (Å²) in [5, 5.41) is 10.3. The average Bonchev–Trinajstić information content (AvgIpc) is 2.17. The lowest BCUT2D eigenvalue weighted by molar-refractivity contribution is -0.387. The molecule has 0 bridgehead atoms. The molecule has 1 rings (SSSR count). The fourth-order valence-corrected chi connectivity index (χ4v) is 1.000. The van der Waals surface area contributed by atoms with E-state index in [2.05, 4.69) is 0 Å². The summed E-state index contributed by atoms with van der Waals surface area (Å²) < 4.78 is 31.1. The standard InChI is InChI=1S/C9H9F2NO3/c1-2-5-15-9-6(10)3-4-7(8(9)11)12(13)14/h3-4H,2,5H2,1H3. The largest absolute Gasteiger partial charge is 0.487 e. The van der Waals surface area contributed by atoms with Crippen molar-refractivity contribution >= 4 is 5.69 Å². The van der Waals surface area contributed by atoms with Crippen molar-refractivity contribution < 1.29 is 18.4 Å². The highest BCUT2D eigenvalue weighted by molar-refractivity contribution is 5.41. The van der Waals surface area contributed by atoms with Crippen LogP contribution in [0.5, 0.6) is 5.75 Å². The van der Waals surface area contributed by atoms with Gasteiger partial charge >= 0.3 is 5.69 Å². The highest BCUT2D eigenvalue weighted by Crippen LogP contribution is 2.29. The predicted molar refractivity (Wildman–Crippen MR) is 48.8 cm³/mol. The first kappa shape index (κ1) is 11.4. The molecule has 0 amide bonds. The topological polar surface area (TPSA) is 52.4 Å². The zero-order valence-corrected chi connectivity index (χ0v) is 8.00. The van der Waals surface area contributed by atoms with Crippen LogP contribution in [0.1, 0.15) is 13.3 Å². The van der Waals surface area contributed by atoms with Gasteiger partial charge in [-0.3, -0.25) is 10.1 Å². The first-order valence-corrected chi connectivity index (χ1v) is 4.33. The lowest BCUT2D eigenvalue weighted by atomic mass is 10.2. The lowest BCUT2D eigenvalue weighted by Crippen LogP contribution is -2.02. The number of benzene rings is 1. The minimum Gasteiger partial charge on any atom is -0.487 e. The van der Waals surface area contributed by atoms with E-state index in [-0.39, 0.29) is 6.61 Å². The van der Waals surface area contributed by atoms with Crippen LogP contribution in [0.4, 0.5) is 14.5 Å². The van der Waals surface area contributed by atoms with Crippen molar-refractivity contribution in [3.63, 3.8) is 0 Å². The van der Waals surface area contributed by atoms with Gasteiger partial charge in [0, 0.05) is 6.07 Å². The predicted octanol–water partition coefficient (Wildman–Crippen LogP) is 2.66. The van der Waals surface area contributed by atoms with Crippen LogP contribution in [0.3, 0.4) is 0 Å². The number of nitro groups is 1. The Hall–Kier alpha value is -1.72. The van der Waals surface area contributed by atoms with Gasteiger partial charge in [-0.1, -0.05) is 6.92 Å². The highest BCUT2D eigenvalue weighted by Gasteiger charge is 2.22. The van der Waals surface area contributed by atoms with Crippen LogP contribution in [-0.2, 0) is 0 Å². The number of rotatable bonds is 4. The molecule has 6 heteroatoms. The molecule has 0 atom stereocenters. The second kappa shape index (κ2) is 4.68. The maximum atomic E-state index is 13.3. The van der Waals surface area contributed by atoms with E-state index < -0.39 is 28.0 Å². The van der Waals surface area contributed by atoms with Crippen molar-refractivity contribution in [2.45, 2.75) is 13.3 Å². The molecule has 1 aromatic rings. The van der Waals surface area contributed by atoms with Gasteiger partial charge < -0.3 is 4.74 Å². The SMILES string of the molecule is CCCOc1c(F)ccc([N+](=O)[O-])c1F. The van der Waals surface area contributed by atoms with E-state index in [9.17, 15) is 18.9 Å². The second-order valence-electron chi connectivity index (χ2n) is 2.82. The Kier molecular flexibility index (Phi) is 3.54. The minimum absolute atomic E-state index is 0.106. The molecule has 0 radical (unpaired) electrons. The van der Waals surface area contributed by atoms with Gasteiger partial charge in [0.15, 0.2) is 11.6 Å². The molecule has 15 heavy (non-hydrogen) atoms. The van der Waals surface area contributed by atoms with Gasteiger partial charge in [-0.2, -0.15) is 4.39 Å². The summed E-state index contributed by atoms with van der Waals surface area (Å²) in [6.45, 7) is 1.86. The van der Waals surface area contributed by atoms with Crippen LogP contribution < -0.4 is 4.74 Å². The monoisotopic (exact) mass is 217 g/mol.